The molecular weight excluding hydrogens is 319 g/mol. The van der Waals surface area contributed by atoms with Crippen LogP contribution >= 0.6 is 34.5 Å². The van der Waals surface area contributed by atoms with Gasteiger partial charge in [0.1, 0.15) is 4.34 Å². The fourth-order valence-electron chi connectivity index (χ4n) is 1.55. The Labute approximate surface area is 129 Å². The summed E-state index contributed by atoms with van der Waals surface area (Å²) in [6.45, 7) is 1.68. The van der Waals surface area contributed by atoms with E-state index in [1.54, 1.807) is 31.2 Å². The summed E-state index contributed by atoms with van der Waals surface area (Å²) in [7, 11) is 0. The number of hydrogen-bond acceptors (Lipinski definition) is 4. The van der Waals surface area contributed by atoms with Crippen molar-refractivity contribution in [2.45, 2.75) is 6.92 Å². The molecule has 1 aromatic heterocycles. The molecule has 0 atom stereocenters. The molecule has 2 rings (SSSR count). The molecule has 0 aliphatic rings. The molecule has 0 aliphatic carbocycles. The molecule has 20 heavy (non-hydrogen) atoms. The van der Waals surface area contributed by atoms with Crippen LogP contribution < -0.4 is 5.32 Å². The van der Waals surface area contributed by atoms with Gasteiger partial charge in [0.2, 0.25) is 0 Å². The summed E-state index contributed by atoms with van der Waals surface area (Å²) in [6, 6.07) is 8.44. The van der Waals surface area contributed by atoms with Crippen molar-refractivity contribution >= 4 is 51.8 Å². The molecule has 104 valence electrons. The standard InChI is InChI=1S/C13H10Cl2N2O2S/c1-7(17-19)8-2-4-9(5-3-8)16-13(18)10-6-11(14)20-12(10)15/h2-6,19H,1H3,(H,16,18)/b17-7-. The monoisotopic (exact) mass is 328 g/mol. The van der Waals surface area contributed by atoms with E-state index in [1.165, 1.54) is 6.07 Å². The Morgan fingerprint density at radius 3 is 2.45 bits per heavy atom. The van der Waals surface area contributed by atoms with Crippen LogP contribution in [0.5, 0.6) is 0 Å². The number of oxime groups is 1. The van der Waals surface area contributed by atoms with Crippen LogP contribution in [-0.2, 0) is 0 Å². The predicted molar refractivity (Wildman–Crippen MR) is 82.7 cm³/mol. The molecule has 0 spiro atoms. The highest BCUT2D eigenvalue weighted by Gasteiger charge is 2.14. The van der Waals surface area contributed by atoms with E-state index in [1.807, 2.05) is 0 Å². The Bertz CT molecular complexity index is 666. The first-order chi connectivity index (χ1) is 9.51. The molecular formula is C13H10Cl2N2O2S. The van der Waals surface area contributed by atoms with Gasteiger partial charge < -0.3 is 10.5 Å². The molecule has 2 N–H and O–H groups in total. The molecule has 0 fully saturated rings. The summed E-state index contributed by atoms with van der Waals surface area (Å²) in [6.07, 6.45) is 0. The molecule has 1 amide bonds. The Morgan fingerprint density at radius 2 is 1.95 bits per heavy atom. The van der Waals surface area contributed by atoms with Gasteiger partial charge in [-0.1, -0.05) is 40.5 Å². The number of nitrogens with zero attached hydrogens (tertiary/aromatic N) is 1. The normalized spacial score (nSPS) is 11.4. The fourth-order valence-corrected chi connectivity index (χ4v) is 3.00. The van der Waals surface area contributed by atoms with Gasteiger partial charge in [-0.05, 0) is 30.7 Å². The number of rotatable bonds is 3. The lowest BCUT2D eigenvalue weighted by Gasteiger charge is -2.05. The second-order valence-corrected chi connectivity index (χ2v) is 6.24. The molecule has 0 saturated heterocycles. The second-order valence-electron chi connectivity index (χ2n) is 3.95. The molecule has 0 unspecified atom stereocenters. The third kappa shape index (κ3) is 3.30. The van der Waals surface area contributed by atoms with Gasteiger partial charge in [0.05, 0.1) is 15.6 Å². The zero-order valence-corrected chi connectivity index (χ0v) is 12.7. The van der Waals surface area contributed by atoms with Crippen molar-refractivity contribution in [3.05, 3.63) is 50.1 Å². The van der Waals surface area contributed by atoms with E-state index in [9.17, 15) is 4.79 Å². The van der Waals surface area contributed by atoms with E-state index in [0.717, 1.165) is 16.9 Å². The number of anilines is 1. The van der Waals surface area contributed by atoms with Gasteiger partial charge in [-0.3, -0.25) is 4.79 Å². The quantitative estimate of drug-likeness (QED) is 0.494. The number of thiophene rings is 1. The third-order valence-corrected chi connectivity index (χ3v) is 4.10. The van der Waals surface area contributed by atoms with Gasteiger partial charge in [-0.15, -0.1) is 11.3 Å². The summed E-state index contributed by atoms with van der Waals surface area (Å²) in [5.74, 6) is -0.321. The molecule has 0 aliphatic heterocycles. The van der Waals surface area contributed by atoms with Crippen LogP contribution in [0.2, 0.25) is 8.67 Å². The van der Waals surface area contributed by atoms with E-state index in [0.29, 0.717) is 25.6 Å². The lowest BCUT2D eigenvalue weighted by atomic mass is 10.1. The van der Waals surface area contributed by atoms with Crippen molar-refractivity contribution in [2.75, 3.05) is 5.32 Å². The SMILES string of the molecule is C/C(=N/O)c1ccc(NC(=O)c2cc(Cl)sc2Cl)cc1. The van der Waals surface area contributed by atoms with E-state index in [2.05, 4.69) is 10.5 Å². The van der Waals surface area contributed by atoms with Gasteiger partial charge >= 0.3 is 0 Å². The smallest absolute Gasteiger partial charge is 0.258 e. The van der Waals surface area contributed by atoms with Crippen molar-refractivity contribution in [3.63, 3.8) is 0 Å². The van der Waals surface area contributed by atoms with Crippen LogP contribution in [0.1, 0.15) is 22.8 Å². The highest BCUT2D eigenvalue weighted by molar-refractivity contribution is 7.20. The predicted octanol–water partition coefficient (Wildman–Crippen LogP) is 4.51. The van der Waals surface area contributed by atoms with Gasteiger partial charge in [0.25, 0.3) is 5.91 Å². The van der Waals surface area contributed by atoms with Crippen molar-refractivity contribution in [3.8, 4) is 0 Å². The topological polar surface area (TPSA) is 61.7 Å². The van der Waals surface area contributed by atoms with Crippen LogP contribution in [0, 0.1) is 0 Å². The minimum Gasteiger partial charge on any atom is -0.411 e. The Morgan fingerprint density at radius 1 is 1.30 bits per heavy atom. The molecule has 2 aromatic rings. The molecule has 4 nitrogen and oxygen atoms in total. The summed E-state index contributed by atoms with van der Waals surface area (Å²) in [5, 5.41) is 14.5. The maximum Gasteiger partial charge on any atom is 0.258 e. The first-order valence-corrected chi connectivity index (χ1v) is 7.14. The van der Waals surface area contributed by atoms with Crippen LogP contribution in [0.4, 0.5) is 5.69 Å². The van der Waals surface area contributed by atoms with Crippen LogP contribution in [0.3, 0.4) is 0 Å². The van der Waals surface area contributed by atoms with Crippen LogP contribution in [0.25, 0.3) is 0 Å². The Hall–Kier alpha value is -1.56. The summed E-state index contributed by atoms with van der Waals surface area (Å²) >= 11 is 12.9. The molecule has 0 bridgehead atoms. The van der Waals surface area contributed by atoms with Crippen molar-refractivity contribution in [1.29, 1.82) is 0 Å². The summed E-state index contributed by atoms with van der Waals surface area (Å²) in [4.78, 5) is 12.0. The molecule has 0 saturated carbocycles. The number of nitrogens with one attached hydrogen (secondary N) is 1. The number of benzene rings is 1. The zero-order valence-electron chi connectivity index (χ0n) is 10.4. The zero-order chi connectivity index (χ0) is 14.7. The van der Waals surface area contributed by atoms with Crippen molar-refractivity contribution < 1.29 is 10.0 Å². The van der Waals surface area contributed by atoms with Gasteiger partial charge in [0, 0.05) is 5.69 Å². The average molecular weight is 329 g/mol. The second kappa shape index (κ2) is 6.26. The summed E-state index contributed by atoms with van der Waals surface area (Å²) in [5.41, 5.74) is 2.22. The number of hydrogen-bond donors (Lipinski definition) is 2. The van der Waals surface area contributed by atoms with E-state index >= 15 is 0 Å². The fraction of sp³-hybridized carbons (Fsp3) is 0.0769. The Balaban J connectivity index is 2.14. The van der Waals surface area contributed by atoms with Crippen LogP contribution in [0.15, 0.2) is 35.5 Å². The molecule has 1 aromatic carbocycles. The minimum absolute atomic E-state index is 0.321. The number of amides is 1. The number of carbonyl (C=O) groups is 1. The number of carbonyl (C=O) groups excluding carboxylic acids is 1. The van der Waals surface area contributed by atoms with Gasteiger partial charge in [0.15, 0.2) is 0 Å². The minimum atomic E-state index is -0.321. The lowest BCUT2D eigenvalue weighted by molar-refractivity contribution is 0.102. The third-order valence-electron chi connectivity index (χ3n) is 2.61. The maximum atomic E-state index is 12.0. The van der Waals surface area contributed by atoms with Crippen molar-refractivity contribution in [1.82, 2.24) is 0 Å². The highest BCUT2D eigenvalue weighted by atomic mass is 35.5. The van der Waals surface area contributed by atoms with Crippen LogP contribution in [-0.4, -0.2) is 16.8 Å². The Kier molecular flexibility index (Phi) is 4.65. The lowest BCUT2D eigenvalue weighted by Crippen LogP contribution is -2.11. The summed E-state index contributed by atoms with van der Waals surface area (Å²) < 4.78 is 0.817. The van der Waals surface area contributed by atoms with Gasteiger partial charge in [-0.25, -0.2) is 0 Å². The molecule has 1 heterocycles. The van der Waals surface area contributed by atoms with Crippen molar-refractivity contribution in [2.24, 2.45) is 5.16 Å². The van der Waals surface area contributed by atoms with E-state index in [4.69, 9.17) is 28.4 Å². The van der Waals surface area contributed by atoms with E-state index in [-0.39, 0.29) is 5.91 Å². The molecule has 0 radical (unpaired) electrons. The largest absolute Gasteiger partial charge is 0.411 e. The maximum absolute atomic E-state index is 12.0. The molecule has 7 heteroatoms. The van der Waals surface area contributed by atoms with E-state index < -0.39 is 0 Å². The highest BCUT2D eigenvalue weighted by Crippen LogP contribution is 2.31. The first-order valence-electron chi connectivity index (χ1n) is 5.56. The van der Waals surface area contributed by atoms with Gasteiger partial charge in [-0.2, -0.15) is 0 Å². The number of halogens is 2. The average Bonchev–Trinajstić information content (AvgIpc) is 2.78. The first kappa shape index (κ1) is 14.8.